The first-order valence-electron chi connectivity index (χ1n) is 4.31. The van der Waals surface area contributed by atoms with Gasteiger partial charge >= 0.3 is 0 Å². The Hall–Kier alpha value is -1.01. The lowest BCUT2D eigenvalue weighted by atomic mass is 9.91. The molecule has 3 N–H and O–H groups in total. The van der Waals surface area contributed by atoms with Crippen molar-refractivity contribution in [3.05, 3.63) is 5.82 Å². The molecule has 0 spiro atoms. The van der Waals surface area contributed by atoms with E-state index in [4.69, 9.17) is 10.5 Å². The zero-order valence-electron chi connectivity index (χ0n) is 7.69. The molecule has 0 aromatic carbocycles. The number of aromatic amines is 1. The van der Waals surface area contributed by atoms with Crippen molar-refractivity contribution in [3.8, 4) is 0 Å². The molecule has 0 amide bonds. The van der Waals surface area contributed by atoms with Gasteiger partial charge in [-0.25, -0.2) is 0 Å². The van der Waals surface area contributed by atoms with E-state index in [2.05, 4.69) is 20.6 Å². The minimum Gasteiger partial charge on any atom is -0.373 e. The molecule has 6 heteroatoms. The molecule has 1 saturated heterocycles. The minimum atomic E-state index is -0.591. The van der Waals surface area contributed by atoms with Crippen molar-refractivity contribution in [1.82, 2.24) is 20.6 Å². The number of tetrazole rings is 1. The summed E-state index contributed by atoms with van der Waals surface area (Å²) in [6, 6.07) is 0. The number of ether oxygens (including phenoxy) is 1. The molecule has 0 saturated carbocycles. The highest BCUT2D eigenvalue weighted by Crippen LogP contribution is 2.34. The summed E-state index contributed by atoms with van der Waals surface area (Å²) in [5, 5.41) is 13.7. The molecular formula is C7H13N5O. The van der Waals surface area contributed by atoms with Gasteiger partial charge in [-0.05, 0) is 13.8 Å². The summed E-state index contributed by atoms with van der Waals surface area (Å²) in [5.41, 5.74) is 5.56. The van der Waals surface area contributed by atoms with Gasteiger partial charge in [0.15, 0.2) is 5.82 Å². The Morgan fingerprint density at radius 2 is 2.38 bits per heavy atom. The first-order chi connectivity index (χ1) is 6.13. The maximum absolute atomic E-state index is 6.15. The third kappa shape index (κ3) is 1.22. The van der Waals surface area contributed by atoms with Crippen LogP contribution < -0.4 is 5.73 Å². The molecule has 3 unspecified atom stereocenters. The van der Waals surface area contributed by atoms with Crippen molar-refractivity contribution in [2.24, 2.45) is 5.73 Å². The summed E-state index contributed by atoms with van der Waals surface area (Å²) < 4.78 is 5.55. The molecule has 72 valence electrons. The van der Waals surface area contributed by atoms with Gasteiger partial charge in [-0.3, -0.25) is 0 Å². The van der Waals surface area contributed by atoms with Crippen molar-refractivity contribution in [2.75, 3.05) is 0 Å². The molecule has 1 aliphatic rings. The first-order valence-corrected chi connectivity index (χ1v) is 4.31. The second kappa shape index (κ2) is 2.74. The fourth-order valence-corrected chi connectivity index (χ4v) is 1.79. The largest absolute Gasteiger partial charge is 0.373 e. The van der Waals surface area contributed by atoms with E-state index in [1.807, 2.05) is 13.8 Å². The Morgan fingerprint density at radius 1 is 1.62 bits per heavy atom. The van der Waals surface area contributed by atoms with Crippen molar-refractivity contribution in [3.63, 3.8) is 0 Å². The van der Waals surface area contributed by atoms with Gasteiger partial charge in [-0.1, -0.05) is 5.21 Å². The third-order valence-electron chi connectivity index (χ3n) is 2.55. The quantitative estimate of drug-likeness (QED) is 0.615. The van der Waals surface area contributed by atoms with Crippen LogP contribution in [-0.2, 0) is 10.3 Å². The van der Waals surface area contributed by atoms with Gasteiger partial charge in [0, 0.05) is 6.42 Å². The van der Waals surface area contributed by atoms with Crippen molar-refractivity contribution < 1.29 is 4.74 Å². The highest BCUT2D eigenvalue weighted by atomic mass is 16.5. The van der Waals surface area contributed by atoms with Crippen LogP contribution in [0.15, 0.2) is 0 Å². The number of rotatable bonds is 1. The topological polar surface area (TPSA) is 89.7 Å². The van der Waals surface area contributed by atoms with Crippen LogP contribution in [0.1, 0.15) is 26.1 Å². The average Bonchev–Trinajstić information content (AvgIpc) is 2.61. The van der Waals surface area contributed by atoms with Crippen molar-refractivity contribution >= 4 is 0 Å². The number of nitrogens with two attached hydrogens (primary N) is 1. The van der Waals surface area contributed by atoms with Crippen LogP contribution >= 0.6 is 0 Å². The molecule has 2 heterocycles. The predicted molar refractivity (Wildman–Crippen MR) is 44.7 cm³/mol. The fraction of sp³-hybridized carbons (Fsp3) is 0.857. The molecule has 0 bridgehead atoms. The van der Waals surface area contributed by atoms with E-state index in [1.165, 1.54) is 0 Å². The molecule has 3 atom stereocenters. The summed E-state index contributed by atoms with van der Waals surface area (Å²) in [5.74, 6) is 0.532. The zero-order valence-corrected chi connectivity index (χ0v) is 7.69. The summed E-state index contributed by atoms with van der Waals surface area (Å²) in [7, 11) is 0. The molecule has 6 nitrogen and oxygen atoms in total. The van der Waals surface area contributed by atoms with Crippen LogP contribution in [0.2, 0.25) is 0 Å². The third-order valence-corrected chi connectivity index (χ3v) is 2.55. The molecule has 13 heavy (non-hydrogen) atoms. The van der Waals surface area contributed by atoms with E-state index >= 15 is 0 Å². The van der Waals surface area contributed by atoms with Crippen molar-refractivity contribution in [2.45, 2.75) is 38.0 Å². The lowest BCUT2D eigenvalue weighted by molar-refractivity contribution is 0.0486. The van der Waals surface area contributed by atoms with E-state index in [9.17, 15) is 0 Å². The van der Waals surface area contributed by atoms with E-state index < -0.39 is 5.54 Å². The first kappa shape index (κ1) is 8.58. The SMILES string of the molecule is CC1CC(N)(c2nn[nH]n2)C(C)O1. The van der Waals surface area contributed by atoms with Gasteiger partial charge in [-0.2, -0.15) is 5.21 Å². The van der Waals surface area contributed by atoms with E-state index in [1.54, 1.807) is 0 Å². The number of aromatic nitrogens is 4. The van der Waals surface area contributed by atoms with E-state index in [-0.39, 0.29) is 12.2 Å². The molecule has 0 aliphatic carbocycles. The lowest BCUT2D eigenvalue weighted by Crippen LogP contribution is -2.44. The second-order valence-electron chi connectivity index (χ2n) is 3.57. The van der Waals surface area contributed by atoms with Gasteiger partial charge in [0.2, 0.25) is 0 Å². The monoisotopic (exact) mass is 183 g/mol. The smallest absolute Gasteiger partial charge is 0.197 e. The highest BCUT2D eigenvalue weighted by molar-refractivity contribution is 5.09. The molecule has 1 aliphatic heterocycles. The fourth-order valence-electron chi connectivity index (χ4n) is 1.79. The van der Waals surface area contributed by atoms with Crippen LogP contribution in [-0.4, -0.2) is 32.8 Å². The zero-order chi connectivity index (χ0) is 9.47. The molecule has 2 rings (SSSR count). The van der Waals surface area contributed by atoms with Crippen LogP contribution in [0.3, 0.4) is 0 Å². The highest BCUT2D eigenvalue weighted by Gasteiger charge is 2.46. The number of nitrogens with zero attached hydrogens (tertiary/aromatic N) is 3. The number of H-pyrrole nitrogens is 1. The Labute approximate surface area is 75.8 Å². The lowest BCUT2D eigenvalue weighted by Gasteiger charge is -2.22. The summed E-state index contributed by atoms with van der Waals surface area (Å²) in [4.78, 5) is 0. The van der Waals surface area contributed by atoms with Crippen molar-refractivity contribution in [1.29, 1.82) is 0 Å². The number of hydrogen-bond donors (Lipinski definition) is 2. The molecule has 1 aromatic rings. The van der Waals surface area contributed by atoms with Crippen LogP contribution in [0, 0.1) is 0 Å². The van der Waals surface area contributed by atoms with E-state index in [0.29, 0.717) is 5.82 Å². The summed E-state index contributed by atoms with van der Waals surface area (Å²) >= 11 is 0. The standard InChI is InChI=1S/C7H13N5O/c1-4-3-7(8,5(2)13-4)6-9-11-12-10-6/h4-5H,3,8H2,1-2H3,(H,9,10,11,12). The molecular weight excluding hydrogens is 170 g/mol. The van der Waals surface area contributed by atoms with Gasteiger partial charge in [0.1, 0.15) is 5.54 Å². The van der Waals surface area contributed by atoms with Gasteiger partial charge in [-0.15, -0.1) is 10.2 Å². The van der Waals surface area contributed by atoms with Crippen LogP contribution in [0.5, 0.6) is 0 Å². The second-order valence-corrected chi connectivity index (χ2v) is 3.57. The normalized spacial score (nSPS) is 39.6. The van der Waals surface area contributed by atoms with Gasteiger partial charge in [0.25, 0.3) is 0 Å². The average molecular weight is 183 g/mol. The van der Waals surface area contributed by atoms with Gasteiger partial charge < -0.3 is 10.5 Å². The summed E-state index contributed by atoms with van der Waals surface area (Å²) in [6.45, 7) is 3.92. The van der Waals surface area contributed by atoms with Crippen LogP contribution in [0.4, 0.5) is 0 Å². The minimum absolute atomic E-state index is 0.0694. The maximum atomic E-state index is 6.15. The number of nitrogens with one attached hydrogen (secondary N) is 1. The van der Waals surface area contributed by atoms with Gasteiger partial charge in [0.05, 0.1) is 12.2 Å². The van der Waals surface area contributed by atoms with Crippen LogP contribution in [0.25, 0.3) is 0 Å². The van der Waals surface area contributed by atoms with E-state index in [0.717, 1.165) is 6.42 Å². The molecule has 1 aromatic heterocycles. The summed E-state index contributed by atoms with van der Waals surface area (Å²) in [6.07, 6.45) is 0.812. The Kier molecular flexibility index (Phi) is 1.81. The Morgan fingerprint density at radius 3 is 2.85 bits per heavy atom. The molecule has 1 fully saturated rings. The number of hydrogen-bond acceptors (Lipinski definition) is 5. The Balaban J connectivity index is 2.31. The predicted octanol–water partition coefficient (Wildman–Crippen LogP) is -0.449. The molecule has 0 radical (unpaired) electrons. The maximum Gasteiger partial charge on any atom is 0.197 e. The Bertz CT molecular complexity index is 287.